The summed E-state index contributed by atoms with van der Waals surface area (Å²) in [6.45, 7) is 1.22. The maximum Gasteiger partial charge on any atom is 0.326 e. The molecule has 2 atom stereocenters. The van der Waals surface area contributed by atoms with Gasteiger partial charge in [0, 0.05) is 0 Å². The fraction of sp³-hybridized carbons (Fsp3) is 0.500. The number of imide groups is 1. The predicted octanol–water partition coefficient (Wildman–Crippen LogP) is 1.87. The highest BCUT2D eigenvalue weighted by molar-refractivity contribution is 6.08. The van der Waals surface area contributed by atoms with Crippen LogP contribution in [0.25, 0.3) is 11.7 Å². The van der Waals surface area contributed by atoms with E-state index in [0.29, 0.717) is 12.2 Å². The molecule has 1 aliphatic carbocycles. The van der Waals surface area contributed by atoms with Crippen molar-refractivity contribution in [3.8, 4) is 11.7 Å². The summed E-state index contributed by atoms with van der Waals surface area (Å²) in [6, 6.07) is 2.77. The lowest BCUT2D eigenvalue weighted by Crippen LogP contribution is -2.54. The third-order valence-corrected chi connectivity index (χ3v) is 5.34. The summed E-state index contributed by atoms with van der Waals surface area (Å²) < 4.78 is 15.6. The minimum Gasteiger partial charge on any atom is -0.459 e. The molecule has 1 spiro atoms. The lowest BCUT2D eigenvalue weighted by Gasteiger charge is -2.36. The van der Waals surface area contributed by atoms with Crippen LogP contribution in [0, 0.1) is 5.92 Å². The van der Waals surface area contributed by atoms with E-state index in [0.717, 1.165) is 24.2 Å². The normalized spacial score (nSPS) is 24.6. The predicted molar refractivity (Wildman–Crippen MR) is 92.4 cm³/mol. The molecule has 0 unspecified atom stereocenters. The van der Waals surface area contributed by atoms with Crippen molar-refractivity contribution in [2.24, 2.45) is 5.92 Å². The summed E-state index contributed by atoms with van der Waals surface area (Å²) in [4.78, 5) is 38.2. The van der Waals surface area contributed by atoms with Crippen LogP contribution in [0.15, 0.2) is 27.2 Å². The van der Waals surface area contributed by atoms with Gasteiger partial charge in [0.15, 0.2) is 12.4 Å². The summed E-state index contributed by atoms with van der Waals surface area (Å²) >= 11 is 0. The molecular weight excluding hydrogens is 368 g/mol. The number of aromatic nitrogens is 2. The van der Waals surface area contributed by atoms with E-state index in [1.807, 2.05) is 6.92 Å². The standard InChI is InChI=1S/C18H20N4O6/c1-11-5-2-3-7-18(11)16(24)22(17(25)19-18)9-14(23)27-10-13-20-21-15(28-13)12-6-4-8-26-12/h4,6,8,11H,2-3,5,7,9-10H2,1H3,(H,19,25)/t11-,18-/m1/s1. The molecule has 2 aliphatic rings. The molecule has 0 bridgehead atoms. The van der Waals surface area contributed by atoms with Crippen LogP contribution in [0.4, 0.5) is 4.79 Å². The van der Waals surface area contributed by atoms with Crippen LogP contribution < -0.4 is 5.32 Å². The molecule has 1 N–H and O–H groups in total. The number of carbonyl (C=O) groups is 3. The monoisotopic (exact) mass is 388 g/mol. The van der Waals surface area contributed by atoms with Crippen molar-refractivity contribution in [3.63, 3.8) is 0 Å². The molecule has 28 heavy (non-hydrogen) atoms. The first-order chi connectivity index (χ1) is 13.5. The Morgan fingerprint density at radius 2 is 2.25 bits per heavy atom. The van der Waals surface area contributed by atoms with Gasteiger partial charge in [-0.1, -0.05) is 19.8 Å². The zero-order valence-electron chi connectivity index (χ0n) is 15.3. The van der Waals surface area contributed by atoms with E-state index in [1.165, 1.54) is 6.26 Å². The van der Waals surface area contributed by atoms with Gasteiger partial charge >= 0.3 is 12.0 Å². The van der Waals surface area contributed by atoms with E-state index in [4.69, 9.17) is 13.6 Å². The van der Waals surface area contributed by atoms with Gasteiger partial charge in [-0.15, -0.1) is 10.2 Å². The Morgan fingerprint density at radius 1 is 1.39 bits per heavy atom. The summed E-state index contributed by atoms with van der Waals surface area (Å²) in [7, 11) is 0. The largest absolute Gasteiger partial charge is 0.459 e. The van der Waals surface area contributed by atoms with E-state index in [9.17, 15) is 14.4 Å². The Morgan fingerprint density at radius 3 is 3.00 bits per heavy atom. The smallest absolute Gasteiger partial charge is 0.326 e. The SMILES string of the molecule is C[C@@H]1CCCC[C@@]12NC(=O)N(CC(=O)OCc1nnc(-c3ccco3)o1)C2=O. The number of esters is 1. The van der Waals surface area contributed by atoms with E-state index in [2.05, 4.69) is 15.5 Å². The van der Waals surface area contributed by atoms with E-state index >= 15 is 0 Å². The lowest BCUT2D eigenvalue weighted by molar-refractivity contribution is -0.150. The van der Waals surface area contributed by atoms with Gasteiger partial charge in [-0.3, -0.25) is 14.5 Å². The van der Waals surface area contributed by atoms with Crippen LogP contribution in [0.5, 0.6) is 0 Å². The second kappa shape index (κ2) is 7.10. The van der Waals surface area contributed by atoms with Gasteiger partial charge in [0.1, 0.15) is 12.1 Å². The molecule has 1 aliphatic heterocycles. The van der Waals surface area contributed by atoms with Crippen molar-refractivity contribution < 1.29 is 28.0 Å². The summed E-state index contributed by atoms with van der Waals surface area (Å²) in [5, 5.41) is 10.4. The fourth-order valence-electron chi connectivity index (χ4n) is 3.77. The van der Waals surface area contributed by atoms with E-state index in [1.54, 1.807) is 12.1 Å². The van der Waals surface area contributed by atoms with Crippen LogP contribution in [0.2, 0.25) is 0 Å². The van der Waals surface area contributed by atoms with Crippen molar-refractivity contribution in [1.29, 1.82) is 0 Å². The molecule has 1 saturated carbocycles. The highest BCUT2D eigenvalue weighted by Crippen LogP contribution is 2.38. The quantitative estimate of drug-likeness (QED) is 0.607. The van der Waals surface area contributed by atoms with Crippen LogP contribution in [-0.4, -0.2) is 45.1 Å². The number of urea groups is 1. The highest BCUT2D eigenvalue weighted by Gasteiger charge is 2.55. The van der Waals surface area contributed by atoms with Gasteiger partial charge in [-0.2, -0.15) is 0 Å². The van der Waals surface area contributed by atoms with Gasteiger partial charge in [-0.25, -0.2) is 4.79 Å². The highest BCUT2D eigenvalue weighted by atomic mass is 16.5. The summed E-state index contributed by atoms with van der Waals surface area (Å²) in [5.41, 5.74) is -0.903. The van der Waals surface area contributed by atoms with Gasteiger partial charge in [0.25, 0.3) is 17.7 Å². The van der Waals surface area contributed by atoms with Crippen molar-refractivity contribution >= 4 is 17.9 Å². The molecule has 4 rings (SSSR count). The molecule has 10 nitrogen and oxygen atoms in total. The summed E-state index contributed by atoms with van der Waals surface area (Å²) in [6.07, 6.45) is 4.81. The fourth-order valence-corrected chi connectivity index (χ4v) is 3.77. The zero-order valence-corrected chi connectivity index (χ0v) is 15.3. The maximum atomic E-state index is 12.8. The minimum absolute atomic E-state index is 0.0251. The number of rotatable bonds is 5. The number of amides is 3. The minimum atomic E-state index is -0.903. The van der Waals surface area contributed by atoms with Gasteiger partial charge in [0.2, 0.25) is 0 Å². The first kappa shape index (κ1) is 18.2. The Balaban J connectivity index is 1.35. The molecule has 10 heteroatoms. The van der Waals surface area contributed by atoms with Gasteiger partial charge in [0.05, 0.1) is 6.26 Å². The molecule has 2 fully saturated rings. The number of ether oxygens (including phenoxy) is 1. The van der Waals surface area contributed by atoms with Gasteiger partial charge in [-0.05, 0) is 30.9 Å². The van der Waals surface area contributed by atoms with Crippen LogP contribution >= 0.6 is 0 Å². The first-order valence-electron chi connectivity index (χ1n) is 9.15. The van der Waals surface area contributed by atoms with Crippen LogP contribution in [-0.2, 0) is 20.9 Å². The molecule has 1 saturated heterocycles. The average molecular weight is 388 g/mol. The first-order valence-corrected chi connectivity index (χ1v) is 9.15. The molecule has 0 aromatic carbocycles. The van der Waals surface area contributed by atoms with Crippen molar-refractivity contribution in [2.45, 2.75) is 44.8 Å². The number of nitrogens with zero attached hydrogens (tertiary/aromatic N) is 3. The van der Waals surface area contributed by atoms with Crippen molar-refractivity contribution in [3.05, 3.63) is 24.3 Å². The van der Waals surface area contributed by atoms with Crippen LogP contribution in [0.1, 0.15) is 38.5 Å². The molecule has 2 aromatic heterocycles. The lowest BCUT2D eigenvalue weighted by atomic mass is 9.73. The van der Waals surface area contributed by atoms with E-state index in [-0.39, 0.29) is 30.2 Å². The number of hydrogen-bond acceptors (Lipinski definition) is 8. The number of carbonyl (C=O) groups excluding carboxylic acids is 3. The Labute approximate surface area is 160 Å². The Hall–Kier alpha value is -3.17. The van der Waals surface area contributed by atoms with E-state index < -0.39 is 24.1 Å². The average Bonchev–Trinajstić information content (AvgIpc) is 3.40. The molecular formula is C18H20N4O6. The Bertz CT molecular complexity index is 892. The molecule has 0 radical (unpaired) electrons. The van der Waals surface area contributed by atoms with Gasteiger partial charge < -0.3 is 18.9 Å². The molecule has 3 heterocycles. The van der Waals surface area contributed by atoms with Crippen LogP contribution in [0.3, 0.4) is 0 Å². The third kappa shape index (κ3) is 3.14. The topological polar surface area (TPSA) is 128 Å². The Kier molecular flexibility index (Phi) is 4.62. The molecule has 2 aromatic rings. The third-order valence-electron chi connectivity index (χ3n) is 5.34. The summed E-state index contributed by atoms with van der Waals surface area (Å²) in [5.74, 6) is -0.428. The second-order valence-corrected chi connectivity index (χ2v) is 7.08. The van der Waals surface area contributed by atoms with Crippen molar-refractivity contribution in [1.82, 2.24) is 20.4 Å². The number of hydrogen-bond donors (Lipinski definition) is 1. The van der Waals surface area contributed by atoms with Crippen molar-refractivity contribution in [2.75, 3.05) is 6.54 Å². The number of furan rings is 1. The molecule has 148 valence electrons. The maximum absolute atomic E-state index is 12.8. The zero-order chi connectivity index (χ0) is 19.7. The number of nitrogens with one attached hydrogen (secondary N) is 1. The molecule has 3 amide bonds. The second-order valence-electron chi connectivity index (χ2n) is 7.08.